The zero-order valence-electron chi connectivity index (χ0n) is 5.06. The average Bonchev–Trinajstić information content (AvgIpc) is 1.80. The van der Waals surface area contributed by atoms with Gasteiger partial charge in [0, 0.05) is 6.42 Å². The Hall–Kier alpha value is -0.310. The Balaban J connectivity index is 2.68. The first-order valence-electron chi connectivity index (χ1n) is 2.77. The van der Waals surface area contributed by atoms with E-state index in [4.69, 9.17) is 4.74 Å². The maximum atomic E-state index is 10.7. The molecule has 0 saturated carbocycles. The molecular weight excluding hydrogens is 184 g/mol. The Morgan fingerprint density at radius 2 is 2.56 bits per heavy atom. The first-order valence-corrected chi connectivity index (χ1v) is 3.56. The van der Waals surface area contributed by atoms with Crippen molar-refractivity contribution in [3.63, 3.8) is 0 Å². The van der Waals surface area contributed by atoms with Gasteiger partial charge in [0.1, 0.15) is 6.10 Å². The molecule has 1 aliphatic rings. The largest absolute Gasteiger partial charge is 0.458 e. The van der Waals surface area contributed by atoms with Gasteiger partial charge in [-0.15, -0.1) is 0 Å². The van der Waals surface area contributed by atoms with Gasteiger partial charge < -0.3 is 4.74 Å². The van der Waals surface area contributed by atoms with Crippen LogP contribution in [-0.4, -0.2) is 12.1 Å². The number of ether oxygens (including phenoxy) is 1. The Kier molecular flexibility index (Phi) is 1.90. The predicted molar refractivity (Wildman–Crippen MR) is 37.2 cm³/mol. The van der Waals surface area contributed by atoms with Gasteiger partial charge in [-0.25, -0.2) is 4.79 Å². The SMILES string of the molecule is C[C@@H]1CC=C(Br)C(=O)O1. The quantitative estimate of drug-likeness (QED) is 0.543. The van der Waals surface area contributed by atoms with Crippen LogP contribution in [0.2, 0.25) is 0 Å². The Bertz CT molecular complexity index is 162. The van der Waals surface area contributed by atoms with Crippen LogP contribution in [-0.2, 0) is 9.53 Å². The first-order chi connectivity index (χ1) is 4.20. The van der Waals surface area contributed by atoms with Crippen LogP contribution in [0.1, 0.15) is 13.3 Å². The first kappa shape index (κ1) is 6.81. The number of esters is 1. The lowest BCUT2D eigenvalue weighted by atomic mass is 10.2. The van der Waals surface area contributed by atoms with E-state index in [9.17, 15) is 4.79 Å². The second kappa shape index (κ2) is 2.52. The average molecular weight is 191 g/mol. The third-order valence-electron chi connectivity index (χ3n) is 1.13. The molecule has 0 aromatic heterocycles. The molecule has 1 aliphatic heterocycles. The highest BCUT2D eigenvalue weighted by atomic mass is 79.9. The molecule has 0 aliphatic carbocycles. The minimum Gasteiger partial charge on any atom is -0.458 e. The highest BCUT2D eigenvalue weighted by Crippen LogP contribution is 2.17. The van der Waals surface area contributed by atoms with E-state index >= 15 is 0 Å². The van der Waals surface area contributed by atoms with Crippen molar-refractivity contribution >= 4 is 21.9 Å². The maximum Gasteiger partial charge on any atom is 0.345 e. The van der Waals surface area contributed by atoms with E-state index in [1.54, 1.807) is 0 Å². The minimum absolute atomic E-state index is 0.0406. The fourth-order valence-electron chi connectivity index (χ4n) is 0.640. The van der Waals surface area contributed by atoms with Gasteiger partial charge in [0.25, 0.3) is 0 Å². The summed E-state index contributed by atoms with van der Waals surface area (Å²) in [4.78, 5) is 10.7. The van der Waals surface area contributed by atoms with Crippen LogP contribution in [0.5, 0.6) is 0 Å². The summed E-state index contributed by atoms with van der Waals surface area (Å²) < 4.78 is 5.39. The number of rotatable bonds is 0. The Morgan fingerprint density at radius 3 is 3.00 bits per heavy atom. The third kappa shape index (κ3) is 1.55. The van der Waals surface area contributed by atoms with E-state index in [-0.39, 0.29) is 12.1 Å². The van der Waals surface area contributed by atoms with Crippen molar-refractivity contribution in [3.8, 4) is 0 Å². The molecule has 0 radical (unpaired) electrons. The molecule has 0 spiro atoms. The molecule has 3 heteroatoms. The topological polar surface area (TPSA) is 26.3 Å². The summed E-state index contributed by atoms with van der Waals surface area (Å²) in [5.74, 6) is -0.256. The highest BCUT2D eigenvalue weighted by Gasteiger charge is 2.16. The number of hydrogen-bond acceptors (Lipinski definition) is 2. The van der Waals surface area contributed by atoms with E-state index in [1.807, 2.05) is 13.0 Å². The number of carbonyl (C=O) groups excluding carboxylic acids is 1. The lowest BCUT2D eigenvalue weighted by molar-refractivity contribution is -0.143. The third-order valence-corrected chi connectivity index (χ3v) is 1.78. The summed E-state index contributed by atoms with van der Waals surface area (Å²) in [6.07, 6.45) is 2.68. The van der Waals surface area contributed by atoms with Gasteiger partial charge in [-0.2, -0.15) is 0 Å². The minimum atomic E-state index is -0.256. The second-order valence-electron chi connectivity index (χ2n) is 2.00. The molecule has 9 heavy (non-hydrogen) atoms. The number of hydrogen-bond donors (Lipinski definition) is 0. The second-order valence-corrected chi connectivity index (χ2v) is 2.86. The monoisotopic (exact) mass is 190 g/mol. The van der Waals surface area contributed by atoms with Crippen molar-refractivity contribution in [2.45, 2.75) is 19.4 Å². The van der Waals surface area contributed by atoms with Crippen LogP contribution in [0, 0.1) is 0 Å². The summed E-state index contributed by atoms with van der Waals surface area (Å²) in [6.45, 7) is 1.87. The number of halogens is 1. The molecule has 1 atom stereocenters. The molecule has 0 aromatic rings. The zero-order chi connectivity index (χ0) is 6.85. The smallest absolute Gasteiger partial charge is 0.345 e. The number of carbonyl (C=O) groups is 1. The lowest BCUT2D eigenvalue weighted by Crippen LogP contribution is -2.18. The Labute approximate surface area is 62.0 Å². The molecular formula is C6H7BrO2. The van der Waals surface area contributed by atoms with Crippen molar-refractivity contribution in [2.75, 3.05) is 0 Å². The van der Waals surface area contributed by atoms with Crippen molar-refractivity contribution in [1.29, 1.82) is 0 Å². The molecule has 0 amide bonds. The van der Waals surface area contributed by atoms with Gasteiger partial charge in [-0.1, -0.05) is 6.08 Å². The lowest BCUT2D eigenvalue weighted by Gasteiger charge is -2.15. The molecule has 1 heterocycles. The van der Waals surface area contributed by atoms with E-state index in [1.165, 1.54) is 0 Å². The van der Waals surface area contributed by atoms with Gasteiger partial charge in [0.15, 0.2) is 0 Å². The molecule has 0 saturated heterocycles. The van der Waals surface area contributed by atoms with Gasteiger partial charge >= 0.3 is 5.97 Å². The summed E-state index contributed by atoms with van der Waals surface area (Å²) in [5, 5.41) is 0. The standard InChI is InChI=1S/C6H7BrO2/c1-4-2-3-5(7)6(8)9-4/h3-4H,2H2,1H3/t4-/m1/s1. The normalized spacial score (nSPS) is 27.1. The molecule has 0 bridgehead atoms. The summed E-state index contributed by atoms with van der Waals surface area (Å²) in [7, 11) is 0. The molecule has 0 unspecified atom stereocenters. The summed E-state index contributed by atoms with van der Waals surface area (Å²) >= 11 is 3.07. The Morgan fingerprint density at radius 1 is 1.89 bits per heavy atom. The van der Waals surface area contributed by atoms with Gasteiger partial charge in [0.05, 0.1) is 4.48 Å². The van der Waals surface area contributed by atoms with Crippen LogP contribution in [0.3, 0.4) is 0 Å². The number of cyclic esters (lactones) is 1. The van der Waals surface area contributed by atoms with Gasteiger partial charge in [-0.3, -0.25) is 0 Å². The fraction of sp³-hybridized carbons (Fsp3) is 0.500. The van der Waals surface area contributed by atoms with Crippen LogP contribution < -0.4 is 0 Å². The summed E-state index contributed by atoms with van der Waals surface area (Å²) in [5.41, 5.74) is 0. The highest BCUT2D eigenvalue weighted by molar-refractivity contribution is 9.12. The van der Waals surface area contributed by atoms with E-state index in [0.29, 0.717) is 4.48 Å². The van der Waals surface area contributed by atoms with Gasteiger partial charge in [-0.05, 0) is 22.9 Å². The molecule has 0 fully saturated rings. The van der Waals surface area contributed by atoms with Crippen molar-refractivity contribution in [3.05, 3.63) is 10.6 Å². The van der Waals surface area contributed by atoms with E-state index in [0.717, 1.165) is 6.42 Å². The maximum absolute atomic E-state index is 10.7. The van der Waals surface area contributed by atoms with Crippen LogP contribution in [0.4, 0.5) is 0 Å². The fourth-order valence-corrected chi connectivity index (χ4v) is 0.920. The van der Waals surface area contributed by atoms with Crippen molar-refractivity contribution < 1.29 is 9.53 Å². The molecule has 0 N–H and O–H groups in total. The van der Waals surface area contributed by atoms with E-state index < -0.39 is 0 Å². The molecule has 2 nitrogen and oxygen atoms in total. The molecule has 50 valence electrons. The van der Waals surface area contributed by atoms with E-state index in [2.05, 4.69) is 15.9 Å². The van der Waals surface area contributed by atoms with Crippen LogP contribution in [0.15, 0.2) is 10.6 Å². The molecule has 0 aromatic carbocycles. The predicted octanol–water partition coefficient (Wildman–Crippen LogP) is 1.60. The van der Waals surface area contributed by atoms with Crippen LogP contribution in [0.25, 0.3) is 0 Å². The molecule has 1 rings (SSSR count). The van der Waals surface area contributed by atoms with Crippen molar-refractivity contribution in [2.24, 2.45) is 0 Å². The summed E-state index contributed by atoms with van der Waals surface area (Å²) in [6, 6.07) is 0. The van der Waals surface area contributed by atoms with Crippen LogP contribution >= 0.6 is 15.9 Å². The zero-order valence-corrected chi connectivity index (χ0v) is 6.64. The van der Waals surface area contributed by atoms with Gasteiger partial charge in [0.2, 0.25) is 0 Å². The van der Waals surface area contributed by atoms with Crippen molar-refractivity contribution in [1.82, 2.24) is 0 Å².